The van der Waals surface area contributed by atoms with E-state index in [1.54, 1.807) is 23.3 Å². The minimum atomic E-state index is -3.22. The van der Waals surface area contributed by atoms with Gasteiger partial charge in [0.2, 0.25) is 15.9 Å². The number of benzene rings is 2. The van der Waals surface area contributed by atoms with Crippen molar-refractivity contribution in [3.05, 3.63) is 48.0 Å². The lowest BCUT2D eigenvalue weighted by molar-refractivity contribution is -0.117. The lowest BCUT2D eigenvalue weighted by Crippen LogP contribution is -2.36. The number of nitrogens with one attached hydrogen (secondary N) is 2. The van der Waals surface area contributed by atoms with Crippen LogP contribution in [0.5, 0.6) is 0 Å². The molecule has 29 heavy (non-hydrogen) atoms. The summed E-state index contributed by atoms with van der Waals surface area (Å²) in [7, 11) is -1.45. The first-order chi connectivity index (χ1) is 13.7. The van der Waals surface area contributed by atoms with Crippen LogP contribution >= 0.6 is 11.3 Å². The molecule has 154 valence electrons. The molecule has 0 unspecified atom stereocenters. The molecule has 3 aromatic rings. The van der Waals surface area contributed by atoms with E-state index in [0.29, 0.717) is 12.2 Å². The molecule has 0 atom stereocenters. The van der Waals surface area contributed by atoms with E-state index in [2.05, 4.69) is 34.1 Å². The number of aryl methyl sites for hydroxylation is 1. The monoisotopic (exact) mass is 432 g/mol. The zero-order valence-corrected chi connectivity index (χ0v) is 18.2. The molecule has 0 saturated heterocycles. The molecule has 0 aliphatic heterocycles. The maximum Gasteiger partial charge on any atom is 0.238 e. The van der Waals surface area contributed by atoms with Crippen molar-refractivity contribution in [2.24, 2.45) is 0 Å². The second kappa shape index (κ2) is 9.00. The minimum Gasteiger partial charge on any atom is -0.325 e. The third-order valence-corrected chi connectivity index (χ3v) is 6.03. The van der Waals surface area contributed by atoms with Crippen molar-refractivity contribution in [2.75, 3.05) is 38.3 Å². The number of hydrogen-bond acceptors (Lipinski definition) is 6. The number of thiazole rings is 1. The highest BCUT2D eigenvalue weighted by atomic mass is 32.2. The second-order valence-electron chi connectivity index (χ2n) is 7.02. The van der Waals surface area contributed by atoms with Gasteiger partial charge in [0.05, 0.1) is 23.0 Å². The van der Waals surface area contributed by atoms with Crippen molar-refractivity contribution in [3.8, 4) is 10.6 Å². The Morgan fingerprint density at radius 2 is 1.90 bits per heavy atom. The highest BCUT2D eigenvalue weighted by Gasteiger charge is 2.10. The van der Waals surface area contributed by atoms with Gasteiger partial charge in [0.1, 0.15) is 5.01 Å². The number of nitrogens with zero attached hydrogens (tertiary/aromatic N) is 2. The zero-order chi connectivity index (χ0) is 21.0. The third kappa shape index (κ3) is 6.33. The van der Waals surface area contributed by atoms with Crippen molar-refractivity contribution < 1.29 is 13.2 Å². The SMILES string of the molecule is Cc1ccc2nc(-c3ccc(NC(=O)CN(C)CCNS(C)(=O)=O)cc3)sc2c1. The normalized spacial score (nSPS) is 11.9. The zero-order valence-electron chi connectivity index (χ0n) is 16.6. The molecule has 0 aliphatic carbocycles. The molecular formula is C20H24N4O3S2. The number of rotatable bonds is 8. The molecule has 0 fully saturated rings. The maximum absolute atomic E-state index is 12.2. The molecule has 0 saturated carbocycles. The second-order valence-corrected chi connectivity index (χ2v) is 9.88. The molecule has 2 aromatic carbocycles. The highest BCUT2D eigenvalue weighted by Crippen LogP contribution is 2.31. The molecule has 0 aliphatic rings. The van der Waals surface area contributed by atoms with Crippen LogP contribution in [-0.2, 0) is 14.8 Å². The Hall–Kier alpha value is -2.33. The van der Waals surface area contributed by atoms with Gasteiger partial charge in [0.25, 0.3) is 0 Å². The summed E-state index contributed by atoms with van der Waals surface area (Å²) in [5.41, 5.74) is 3.91. The van der Waals surface area contributed by atoms with Gasteiger partial charge in [0.15, 0.2) is 0 Å². The van der Waals surface area contributed by atoms with E-state index in [1.165, 1.54) is 5.56 Å². The molecule has 0 radical (unpaired) electrons. The van der Waals surface area contributed by atoms with Crippen molar-refractivity contribution in [2.45, 2.75) is 6.92 Å². The summed E-state index contributed by atoms with van der Waals surface area (Å²) in [5.74, 6) is -0.157. The number of fused-ring (bicyclic) bond motifs is 1. The summed E-state index contributed by atoms with van der Waals surface area (Å²) in [6, 6.07) is 13.8. The van der Waals surface area contributed by atoms with Crippen LogP contribution in [-0.4, -0.2) is 57.1 Å². The number of carbonyl (C=O) groups excluding carboxylic acids is 1. The molecular weight excluding hydrogens is 408 g/mol. The summed E-state index contributed by atoms with van der Waals surface area (Å²) >= 11 is 1.65. The van der Waals surface area contributed by atoms with Gasteiger partial charge in [-0.05, 0) is 55.9 Å². The van der Waals surface area contributed by atoms with E-state index >= 15 is 0 Å². The Balaban J connectivity index is 1.56. The first kappa shape index (κ1) is 21.4. The summed E-state index contributed by atoms with van der Waals surface area (Å²) in [5, 5.41) is 3.80. The van der Waals surface area contributed by atoms with Crippen LogP contribution in [0.3, 0.4) is 0 Å². The molecule has 7 nitrogen and oxygen atoms in total. The van der Waals surface area contributed by atoms with Crippen LogP contribution in [0, 0.1) is 6.92 Å². The standard InChI is InChI=1S/C20H24N4O3S2/c1-14-4-9-17-18(12-14)28-20(23-17)15-5-7-16(8-6-15)22-19(25)13-24(2)11-10-21-29(3,26)27/h4-9,12,21H,10-11,13H2,1-3H3,(H,22,25). The van der Waals surface area contributed by atoms with E-state index in [0.717, 1.165) is 27.0 Å². The number of carbonyl (C=O) groups is 1. The summed E-state index contributed by atoms with van der Waals surface area (Å²) in [6.45, 7) is 2.94. The fraction of sp³-hybridized carbons (Fsp3) is 0.300. The first-order valence-electron chi connectivity index (χ1n) is 9.10. The molecule has 2 N–H and O–H groups in total. The van der Waals surface area contributed by atoms with E-state index in [9.17, 15) is 13.2 Å². The van der Waals surface area contributed by atoms with Gasteiger partial charge in [-0.3, -0.25) is 9.69 Å². The Kier molecular flexibility index (Phi) is 6.63. The van der Waals surface area contributed by atoms with Crippen LogP contribution in [0.15, 0.2) is 42.5 Å². The van der Waals surface area contributed by atoms with Crippen LogP contribution in [0.2, 0.25) is 0 Å². The number of sulfonamides is 1. The molecule has 3 rings (SSSR count). The average Bonchev–Trinajstić information content (AvgIpc) is 3.04. The molecule has 0 bridgehead atoms. The summed E-state index contributed by atoms with van der Waals surface area (Å²) < 4.78 is 25.7. The predicted molar refractivity (Wildman–Crippen MR) is 119 cm³/mol. The van der Waals surface area contributed by atoms with Crippen molar-refractivity contribution in [3.63, 3.8) is 0 Å². The predicted octanol–water partition coefficient (Wildman–Crippen LogP) is 2.69. The van der Waals surface area contributed by atoms with E-state index < -0.39 is 10.0 Å². The average molecular weight is 433 g/mol. The van der Waals surface area contributed by atoms with Crippen LogP contribution in [0.1, 0.15) is 5.56 Å². The fourth-order valence-electron chi connectivity index (χ4n) is 2.80. The van der Waals surface area contributed by atoms with Crippen LogP contribution < -0.4 is 10.0 Å². The van der Waals surface area contributed by atoms with Gasteiger partial charge < -0.3 is 5.32 Å². The summed E-state index contributed by atoms with van der Waals surface area (Å²) in [6.07, 6.45) is 1.11. The van der Waals surface area contributed by atoms with Crippen molar-refractivity contribution in [1.29, 1.82) is 0 Å². The molecule has 1 heterocycles. The smallest absolute Gasteiger partial charge is 0.238 e. The highest BCUT2D eigenvalue weighted by molar-refractivity contribution is 7.88. The van der Waals surface area contributed by atoms with Crippen LogP contribution in [0.25, 0.3) is 20.8 Å². The molecule has 1 aromatic heterocycles. The van der Waals surface area contributed by atoms with Crippen molar-refractivity contribution >= 4 is 43.2 Å². The van der Waals surface area contributed by atoms with Gasteiger partial charge in [-0.1, -0.05) is 6.07 Å². The number of amides is 1. The van der Waals surface area contributed by atoms with E-state index in [-0.39, 0.29) is 19.0 Å². The topological polar surface area (TPSA) is 91.4 Å². The lowest BCUT2D eigenvalue weighted by atomic mass is 10.2. The number of anilines is 1. The number of hydrogen-bond donors (Lipinski definition) is 2. The fourth-order valence-corrected chi connectivity index (χ4v) is 4.33. The minimum absolute atomic E-state index is 0.157. The molecule has 1 amide bonds. The third-order valence-electron chi connectivity index (χ3n) is 4.23. The Bertz CT molecular complexity index is 1110. The van der Waals surface area contributed by atoms with E-state index in [4.69, 9.17) is 0 Å². The van der Waals surface area contributed by atoms with Gasteiger partial charge in [-0.15, -0.1) is 11.3 Å². The first-order valence-corrected chi connectivity index (χ1v) is 11.8. The van der Waals surface area contributed by atoms with E-state index in [1.807, 2.05) is 30.3 Å². The number of aromatic nitrogens is 1. The van der Waals surface area contributed by atoms with Gasteiger partial charge >= 0.3 is 0 Å². The van der Waals surface area contributed by atoms with Crippen molar-refractivity contribution in [1.82, 2.24) is 14.6 Å². The van der Waals surface area contributed by atoms with Gasteiger partial charge in [-0.25, -0.2) is 18.1 Å². The largest absolute Gasteiger partial charge is 0.325 e. The van der Waals surface area contributed by atoms with Gasteiger partial charge in [-0.2, -0.15) is 0 Å². The Morgan fingerprint density at radius 1 is 1.17 bits per heavy atom. The maximum atomic E-state index is 12.2. The Morgan fingerprint density at radius 3 is 2.59 bits per heavy atom. The quantitative estimate of drug-likeness (QED) is 0.571. The van der Waals surface area contributed by atoms with Gasteiger partial charge in [0, 0.05) is 24.3 Å². The van der Waals surface area contributed by atoms with Crippen LogP contribution in [0.4, 0.5) is 5.69 Å². The number of likely N-dealkylation sites (N-methyl/N-ethyl adjacent to an activating group) is 1. The molecule has 0 spiro atoms. The molecule has 9 heteroatoms. The lowest BCUT2D eigenvalue weighted by Gasteiger charge is -2.16. The summed E-state index contributed by atoms with van der Waals surface area (Å²) in [4.78, 5) is 18.6. The Labute approximate surface area is 174 Å².